The molecular formula is C42H41NO5. The smallest absolute Gasteiger partial charge is 0.127 e. The predicted molar refractivity (Wildman–Crippen MR) is 187 cm³/mol. The molecule has 5 aromatic carbocycles. The molecule has 48 heavy (non-hydrogen) atoms. The van der Waals surface area contributed by atoms with Gasteiger partial charge in [-0.2, -0.15) is 0 Å². The minimum Gasteiger partial charge on any atom is -0.374 e. The van der Waals surface area contributed by atoms with Crippen LogP contribution in [0.25, 0.3) is 10.9 Å². The molecule has 0 radical (unpaired) electrons. The third kappa shape index (κ3) is 8.11. The van der Waals surface area contributed by atoms with Gasteiger partial charge in [-0.3, -0.25) is 0 Å². The van der Waals surface area contributed by atoms with Crippen molar-refractivity contribution in [3.05, 3.63) is 180 Å². The van der Waals surface area contributed by atoms with Crippen LogP contribution in [0.5, 0.6) is 0 Å². The second kappa shape index (κ2) is 16.0. The zero-order chi connectivity index (χ0) is 32.4. The summed E-state index contributed by atoms with van der Waals surface area (Å²) < 4.78 is 33.9. The Hall–Kier alpha value is -4.56. The van der Waals surface area contributed by atoms with E-state index in [0.717, 1.165) is 38.9 Å². The van der Waals surface area contributed by atoms with Gasteiger partial charge in [-0.1, -0.05) is 140 Å². The molecule has 0 bridgehead atoms. The fraction of sp³-hybridized carbons (Fsp3) is 0.238. The molecule has 1 N–H and O–H groups in total. The Bertz CT molecular complexity index is 1780. The van der Waals surface area contributed by atoms with Crippen LogP contribution < -0.4 is 0 Å². The number of nitrogens with one attached hydrogen (secondary N) is 1. The zero-order valence-electron chi connectivity index (χ0n) is 26.9. The highest BCUT2D eigenvalue weighted by atomic mass is 16.6. The summed E-state index contributed by atoms with van der Waals surface area (Å²) in [6.07, 6.45) is -2.36. The van der Waals surface area contributed by atoms with Crippen LogP contribution in [-0.2, 0) is 50.1 Å². The predicted octanol–water partition coefficient (Wildman–Crippen LogP) is 8.58. The topological polar surface area (TPSA) is 61.9 Å². The van der Waals surface area contributed by atoms with Gasteiger partial charge in [0.25, 0.3) is 0 Å². The molecule has 0 amide bonds. The minimum absolute atomic E-state index is 0.321. The van der Waals surface area contributed by atoms with Crippen LogP contribution >= 0.6 is 0 Å². The summed E-state index contributed by atoms with van der Waals surface area (Å²) in [5, 5.41) is 1.11. The highest BCUT2D eigenvalue weighted by Crippen LogP contribution is 2.39. The van der Waals surface area contributed by atoms with Crippen LogP contribution in [0.4, 0.5) is 0 Å². The molecule has 0 unspecified atom stereocenters. The number of hydrogen-bond acceptors (Lipinski definition) is 5. The number of hydrogen-bond donors (Lipinski definition) is 1. The van der Waals surface area contributed by atoms with Gasteiger partial charge in [-0.05, 0) is 39.8 Å². The van der Waals surface area contributed by atoms with E-state index in [9.17, 15) is 0 Å². The van der Waals surface area contributed by atoms with Gasteiger partial charge in [0, 0.05) is 11.2 Å². The van der Waals surface area contributed by atoms with Crippen LogP contribution in [0, 0.1) is 0 Å². The van der Waals surface area contributed by atoms with E-state index in [-0.39, 0.29) is 0 Å². The molecule has 0 saturated carbocycles. The van der Waals surface area contributed by atoms with E-state index in [0.29, 0.717) is 33.0 Å². The lowest BCUT2D eigenvalue weighted by molar-refractivity contribution is -0.275. The maximum Gasteiger partial charge on any atom is 0.127 e. The van der Waals surface area contributed by atoms with E-state index in [2.05, 4.69) is 71.7 Å². The molecule has 1 saturated heterocycles. The molecule has 244 valence electrons. The Kier molecular flexibility index (Phi) is 10.7. The standard InChI is InChI=1S/C42H41NO5/c1-5-15-31(16-6-1)26-44-30-38-40(45-27-32-17-7-2-8-18-32)42(47-29-34-21-11-4-12-22-34)41(46-28-33-19-9-3-10-20-33)39(48-38)37-25-35-23-13-14-24-36(35)43-37/h1-25,38-43H,26-30H2/t38-,39+,40-,41-,42+/m1/s1. The molecule has 1 aliphatic rings. The maximum absolute atomic E-state index is 7.04. The van der Waals surface area contributed by atoms with Crippen molar-refractivity contribution in [1.82, 2.24) is 4.98 Å². The van der Waals surface area contributed by atoms with Crippen LogP contribution in [0.15, 0.2) is 152 Å². The van der Waals surface area contributed by atoms with Crippen molar-refractivity contribution in [2.45, 2.75) is 56.9 Å². The molecule has 1 aromatic heterocycles. The monoisotopic (exact) mass is 639 g/mol. The number of fused-ring (bicyclic) bond motifs is 1. The van der Waals surface area contributed by atoms with Crippen LogP contribution in [0.3, 0.4) is 0 Å². The number of rotatable bonds is 14. The molecule has 7 rings (SSSR count). The summed E-state index contributed by atoms with van der Waals surface area (Å²) in [4.78, 5) is 3.62. The summed E-state index contributed by atoms with van der Waals surface area (Å²) in [6.45, 7) is 1.99. The van der Waals surface area contributed by atoms with E-state index in [1.807, 2.05) is 84.9 Å². The molecule has 0 aliphatic carbocycles. The third-order valence-electron chi connectivity index (χ3n) is 8.74. The first kappa shape index (κ1) is 32.0. The lowest BCUT2D eigenvalue weighted by Crippen LogP contribution is -2.58. The van der Waals surface area contributed by atoms with E-state index in [1.165, 1.54) is 0 Å². The van der Waals surface area contributed by atoms with Gasteiger partial charge in [-0.25, -0.2) is 0 Å². The second-order valence-electron chi connectivity index (χ2n) is 12.2. The number of benzene rings is 5. The van der Waals surface area contributed by atoms with Crippen molar-refractivity contribution >= 4 is 10.9 Å². The van der Waals surface area contributed by atoms with Crippen LogP contribution in [0.1, 0.15) is 34.1 Å². The molecule has 0 spiro atoms. The highest BCUT2D eigenvalue weighted by molar-refractivity contribution is 5.80. The van der Waals surface area contributed by atoms with E-state index < -0.39 is 30.5 Å². The molecule has 5 atom stereocenters. The van der Waals surface area contributed by atoms with E-state index in [1.54, 1.807) is 0 Å². The quantitative estimate of drug-likeness (QED) is 0.129. The Morgan fingerprint density at radius 2 is 0.938 bits per heavy atom. The van der Waals surface area contributed by atoms with Crippen molar-refractivity contribution in [1.29, 1.82) is 0 Å². The maximum atomic E-state index is 7.04. The first-order chi connectivity index (χ1) is 23.8. The highest BCUT2D eigenvalue weighted by Gasteiger charge is 2.49. The van der Waals surface area contributed by atoms with Crippen molar-refractivity contribution in [3.63, 3.8) is 0 Å². The summed E-state index contributed by atoms with van der Waals surface area (Å²) in [6, 6.07) is 51.3. The van der Waals surface area contributed by atoms with Crippen molar-refractivity contribution in [3.8, 4) is 0 Å². The van der Waals surface area contributed by atoms with Gasteiger partial charge >= 0.3 is 0 Å². The number of ether oxygens (including phenoxy) is 5. The van der Waals surface area contributed by atoms with Crippen LogP contribution in [-0.4, -0.2) is 36.0 Å². The summed E-state index contributed by atoms with van der Waals surface area (Å²) in [7, 11) is 0. The van der Waals surface area contributed by atoms with Crippen molar-refractivity contribution in [2.24, 2.45) is 0 Å². The van der Waals surface area contributed by atoms with Gasteiger partial charge in [0.1, 0.15) is 30.5 Å². The first-order valence-corrected chi connectivity index (χ1v) is 16.6. The SMILES string of the molecule is c1ccc(COC[C@H]2O[C@@H](c3cc4ccccc4[nH]3)[C@@H](OCc3ccccc3)[C@@H](OCc3ccccc3)[C@@H]2OCc2ccccc2)cc1. The first-order valence-electron chi connectivity index (χ1n) is 16.6. The number of aromatic amines is 1. The average molecular weight is 640 g/mol. The van der Waals surface area contributed by atoms with Crippen molar-refractivity contribution in [2.75, 3.05) is 6.61 Å². The fourth-order valence-corrected chi connectivity index (χ4v) is 6.29. The average Bonchev–Trinajstić information content (AvgIpc) is 3.59. The molecule has 1 fully saturated rings. The van der Waals surface area contributed by atoms with E-state index in [4.69, 9.17) is 23.7 Å². The zero-order valence-corrected chi connectivity index (χ0v) is 26.9. The summed E-state index contributed by atoms with van der Waals surface area (Å²) >= 11 is 0. The Labute approximate surface area is 282 Å². The second-order valence-corrected chi connectivity index (χ2v) is 12.2. The number of para-hydroxylation sites is 1. The molecular weight excluding hydrogens is 598 g/mol. The van der Waals surface area contributed by atoms with E-state index >= 15 is 0 Å². The molecule has 6 nitrogen and oxygen atoms in total. The summed E-state index contributed by atoms with van der Waals surface area (Å²) in [5.74, 6) is 0. The van der Waals surface area contributed by atoms with Gasteiger partial charge in [-0.15, -0.1) is 0 Å². The lowest BCUT2D eigenvalue weighted by atomic mass is 9.92. The van der Waals surface area contributed by atoms with Gasteiger partial charge in [0.15, 0.2) is 0 Å². The van der Waals surface area contributed by atoms with Gasteiger partial charge in [0.05, 0.1) is 33.0 Å². The Morgan fingerprint density at radius 1 is 0.479 bits per heavy atom. The molecule has 6 heteroatoms. The lowest BCUT2D eigenvalue weighted by Gasteiger charge is -2.46. The summed E-state index contributed by atoms with van der Waals surface area (Å²) in [5.41, 5.74) is 6.29. The largest absolute Gasteiger partial charge is 0.374 e. The third-order valence-corrected chi connectivity index (χ3v) is 8.74. The Morgan fingerprint density at radius 3 is 1.48 bits per heavy atom. The van der Waals surface area contributed by atoms with Gasteiger partial charge in [0.2, 0.25) is 0 Å². The van der Waals surface area contributed by atoms with Crippen LogP contribution in [0.2, 0.25) is 0 Å². The number of aromatic nitrogens is 1. The normalized spacial score (nSPS) is 21.0. The molecule has 6 aromatic rings. The molecule has 2 heterocycles. The number of H-pyrrole nitrogens is 1. The fourth-order valence-electron chi connectivity index (χ4n) is 6.29. The minimum atomic E-state index is -0.492. The Balaban J connectivity index is 1.24. The van der Waals surface area contributed by atoms with Crippen molar-refractivity contribution < 1.29 is 23.7 Å². The molecule has 1 aliphatic heterocycles. The van der Waals surface area contributed by atoms with Gasteiger partial charge < -0.3 is 28.7 Å².